The molecule has 0 aliphatic rings. The molecule has 0 saturated carbocycles. The van der Waals surface area contributed by atoms with E-state index in [1.165, 1.54) is 6.20 Å². The predicted molar refractivity (Wildman–Crippen MR) is 46.8 cm³/mol. The lowest BCUT2D eigenvalue weighted by Crippen LogP contribution is -2.06. The summed E-state index contributed by atoms with van der Waals surface area (Å²) in [5.74, 6) is 0. The van der Waals surface area contributed by atoms with E-state index >= 15 is 0 Å². The molecule has 0 saturated heterocycles. The molecule has 0 aromatic carbocycles. The lowest BCUT2D eigenvalue weighted by atomic mass is 10.1. The summed E-state index contributed by atoms with van der Waals surface area (Å²) >= 11 is 5.70. The highest BCUT2D eigenvalue weighted by atomic mass is 35.5. The molecule has 0 spiro atoms. The normalized spacial score (nSPS) is 10.9. The van der Waals surface area contributed by atoms with Crippen molar-refractivity contribution in [2.45, 2.75) is 19.9 Å². The Morgan fingerprint density at radius 1 is 1.62 bits per heavy atom. The van der Waals surface area contributed by atoms with Gasteiger partial charge in [-0.1, -0.05) is 11.6 Å². The second-order valence-electron chi connectivity index (χ2n) is 2.62. The third-order valence-corrected chi connectivity index (χ3v) is 2.22. The van der Waals surface area contributed by atoms with Gasteiger partial charge in [-0.2, -0.15) is 0 Å². The molecule has 0 fully saturated rings. The maximum absolute atomic E-state index is 12.5. The molecule has 1 aromatic rings. The van der Waals surface area contributed by atoms with Crippen molar-refractivity contribution in [3.63, 3.8) is 0 Å². The van der Waals surface area contributed by atoms with Crippen molar-refractivity contribution < 1.29 is 8.78 Å². The number of hydrogen-bond donors (Lipinski definition) is 1. The van der Waals surface area contributed by atoms with Crippen molar-refractivity contribution in [1.29, 1.82) is 0 Å². The Hall–Kier alpha value is -0.740. The summed E-state index contributed by atoms with van der Waals surface area (Å²) in [6.45, 7) is 1.60. The summed E-state index contributed by atoms with van der Waals surface area (Å²) in [6, 6.07) is 0. The highest BCUT2D eigenvalue weighted by molar-refractivity contribution is 6.32. The zero-order valence-electron chi connectivity index (χ0n) is 7.02. The average Bonchev–Trinajstić information content (AvgIpc) is 2.08. The van der Waals surface area contributed by atoms with Crippen LogP contribution in [0.3, 0.4) is 0 Å². The van der Waals surface area contributed by atoms with E-state index in [0.29, 0.717) is 5.56 Å². The van der Waals surface area contributed by atoms with Crippen molar-refractivity contribution in [2.24, 2.45) is 5.73 Å². The molecule has 72 valence electrons. The zero-order valence-corrected chi connectivity index (χ0v) is 7.78. The van der Waals surface area contributed by atoms with Crippen LogP contribution in [0.25, 0.3) is 0 Å². The Balaban J connectivity index is 3.32. The molecule has 2 nitrogen and oxygen atoms in total. The molecule has 1 rings (SSSR count). The molecule has 1 aromatic heterocycles. The molecule has 0 aliphatic heterocycles. The quantitative estimate of drug-likeness (QED) is 0.807. The molecule has 0 amide bonds. The number of nitrogens with zero attached hydrogens (tertiary/aromatic N) is 1. The van der Waals surface area contributed by atoms with Crippen LogP contribution < -0.4 is 5.73 Å². The van der Waals surface area contributed by atoms with Crippen LogP contribution in [0, 0.1) is 6.92 Å². The minimum absolute atomic E-state index is 0.0281. The molecule has 1 heterocycles. The number of rotatable bonds is 2. The summed E-state index contributed by atoms with van der Waals surface area (Å²) in [5, 5.41) is 0.0606. The molecule has 2 N–H and O–H groups in total. The highest BCUT2D eigenvalue weighted by Crippen LogP contribution is 2.31. The largest absolute Gasteiger partial charge is 0.325 e. The Morgan fingerprint density at radius 3 is 2.69 bits per heavy atom. The molecule has 0 atom stereocenters. The minimum atomic E-state index is -2.63. The number of pyridine rings is 1. The van der Waals surface area contributed by atoms with Crippen molar-refractivity contribution in [3.8, 4) is 0 Å². The van der Waals surface area contributed by atoms with Gasteiger partial charge in [-0.05, 0) is 12.5 Å². The van der Waals surface area contributed by atoms with Crippen molar-refractivity contribution >= 4 is 11.6 Å². The van der Waals surface area contributed by atoms with Gasteiger partial charge in [-0.15, -0.1) is 0 Å². The van der Waals surface area contributed by atoms with Crippen LogP contribution in [0.2, 0.25) is 5.02 Å². The summed E-state index contributed by atoms with van der Waals surface area (Å²) in [5.41, 5.74) is 5.70. The Kier molecular flexibility index (Phi) is 3.17. The number of alkyl halides is 2. The van der Waals surface area contributed by atoms with E-state index in [2.05, 4.69) is 4.98 Å². The van der Waals surface area contributed by atoms with Crippen LogP contribution in [0.4, 0.5) is 8.78 Å². The van der Waals surface area contributed by atoms with Crippen LogP contribution in [0.15, 0.2) is 6.20 Å². The first-order chi connectivity index (χ1) is 6.07. The van der Waals surface area contributed by atoms with Gasteiger partial charge < -0.3 is 5.73 Å². The second kappa shape index (κ2) is 3.98. The maximum Gasteiger partial charge on any atom is 0.267 e. The maximum atomic E-state index is 12.5. The topological polar surface area (TPSA) is 38.9 Å². The summed E-state index contributed by atoms with van der Waals surface area (Å²) < 4.78 is 25.0. The average molecular weight is 207 g/mol. The van der Waals surface area contributed by atoms with E-state index in [1.807, 2.05) is 0 Å². The minimum Gasteiger partial charge on any atom is -0.325 e. The number of halogens is 3. The molecule has 0 aliphatic carbocycles. The smallest absolute Gasteiger partial charge is 0.267 e. The first-order valence-electron chi connectivity index (χ1n) is 3.70. The molecule has 0 radical (unpaired) electrons. The van der Waals surface area contributed by atoms with E-state index in [9.17, 15) is 8.78 Å². The van der Waals surface area contributed by atoms with Gasteiger partial charge in [0.25, 0.3) is 6.43 Å². The zero-order chi connectivity index (χ0) is 10.0. The second-order valence-corrected chi connectivity index (χ2v) is 3.00. The monoisotopic (exact) mass is 206 g/mol. The standard InChI is InChI=1S/C8H9ClF2N2/c1-4-3-13-5(2-12)6(7(4)9)8(10)11/h3,8H,2,12H2,1H3. The molecule has 5 heteroatoms. The van der Waals surface area contributed by atoms with Gasteiger partial charge in [0.05, 0.1) is 16.3 Å². The lowest BCUT2D eigenvalue weighted by Gasteiger charge is -2.09. The predicted octanol–water partition coefficient (Wildman–Crippen LogP) is 2.44. The molecular weight excluding hydrogens is 198 g/mol. The Bertz CT molecular complexity index is 315. The summed E-state index contributed by atoms with van der Waals surface area (Å²) in [6.07, 6.45) is -1.19. The fourth-order valence-electron chi connectivity index (χ4n) is 1.02. The Morgan fingerprint density at radius 2 is 2.23 bits per heavy atom. The van der Waals surface area contributed by atoms with Crippen molar-refractivity contribution in [2.75, 3.05) is 0 Å². The number of aryl methyl sites for hydroxylation is 1. The Labute approximate surface area is 79.7 Å². The van der Waals surface area contributed by atoms with Crippen LogP contribution in [0.1, 0.15) is 23.2 Å². The molecular formula is C8H9ClF2N2. The van der Waals surface area contributed by atoms with Gasteiger partial charge in [0.2, 0.25) is 0 Å². The first-order valence-corrected chi connectivity index (χ1v) is 4.07. The molecule has 0 bridgehead atoms. The van der Waals surface area contributed by atoms with E-state index in [4.69, 9.17) is 17.3 Å². The van der Waals surface area contributed by atoms with Crippen LogP contribution in [0.5, 0.6) is 0 Å². The summed E-state index contributed by atoms with van der Waals surface area (Å²) in [4.78, 5) is 3.79. The van der Waals surface area contributed by atoms with Gasteiger partial charge >= 0.3 is 0 Å². The number of aromatic nitrogens is 1. The van der Waals surface area contributed by atoms with Gasteiger partial charge in [-0.25, -0.2) is 8.78 Å². The molecule has 13 heavy (non-hydrogen) atoms. The fourth-order valence-corrected chi connectivity index (χ4v) is 1.26. The van der Waals surface area contributed by atoms with E-state index in [1.54, 1.807) is 6.92 Å². The third-order valence-electron chi connectivity index (χ3n) is 1.72. The van der Waals surface area contributed by atoms with Gasteiger partial charge in [0.15, 0.2) is 0 Å². The van der Waals surface area contributed by atoms with Gasteiger partial charge in [-0.3, -0.25) is 4.98 Å². The van der Waals surface area contributed by atoms with E-state index in [-0.39, 0.29) is 22.8 Å². The highest BCUT2D eigenvalue weighted by Gasteiger charge is 2.18. The van der Waals surface area contributed by atoms with Crippen molar-refractivity contribution in [3.05, 3.63) is 28.0 Å². The number of hydrogen-bond acceptors (Lipinski definition) is 2. The van der Waals surface area contributed by atoms with E-state index < -0.39 is 6.43 Å². The third kappa shape index (κ3) is 1.95. The van der Waals surface area contributed by atoms with Crippen LogP contribution in [-0.4, -0.2) is 4.98 Å². The SMILES string of the molecule is Cc1cnc(CN)c(C(F)F)c1Cl. The molecule has 0 unspecified atom stereocenters. The fraction of sp³-hybridized carbons (Fsp3) is 0.375. The number of nitrogens with two attached hydrogens (primary N) is 1. The lowest BCUT2D eigenvalue weighted by molar-refractivity contribution is 0.149. The van der Waals surface area contributed by atoms with E-state index in [0.717, 1.165) is 0 Å². The van der Waals surface area contributed by atoms with Crippen LogP contribution >= 0.6 is 11.6 Å². The van der Waals surface area contributed by atoms with Gasteiger partial charge in [0.1, 0.15) is 0 Å². The first kappa shape index (κ1) is 10.3. The van der Waals surface area contributed by atoms with Crippen LogP contribution in [-0.2, 0) is 6.54 Å². The van der Waals surface area contributed by atoms with Crippen molar-refractivity contribution in [1.82, 2.24) is 4.98 Å². The van der Waals surface area contributed by atoms with Gasteiger partial charge in [0, 0.05) is 12.7 Å². The summed E-state index contributed by atoms with van der Waals surface area (Å²) in [7, 11) is 0.